The van der Waals surface area contributed by atoms with Crippen LogP contribution in [-0.4, -0.2) is 24.6 Å². The number of aliphatic imine (C=N–C) groups is 1. The van der Waals surface area contributed by atoms with Gasteiger partial charge in [0.25, 0.3) is 0 Å². The Labute approximate surface area is 81.4 Å². The first-order valence-corrected chi connectivity index (χ1v) is 5.06. The molecule has 78 valence electrons. The Balaban J connectivity index is 4.17. The monoisotopic (exact) mass is 186 g/mol. The smallest absolute Gasteiger partial charge is 0.123 e. The van der Waals surface area contributed by atoms with Gasteiger partial charge in [-0.15, -0.1) is 0 Å². The van der Waals surface area contributed by atoms with Crippen molar-refractivity contribution in [2.24, 2.45) is 10.7 Å². The molecule has 0 bridgehead atoms. The molecule has 3 heteroatoms. The highest BCUT2D eigenvalue weighted by atomic mass is 16.5. The normalized spacial score (nSPS) is 15.0. The summed E-state index contributed by atoms with van der Waals surface area (Å²) in [6, 6.07) is 0.250. The molecule has 0 saturated carbocycles. The number of nitrogens with two attached hydrogens (primary N) is 1. The van der Waals surface area contributed by atoms with Crippen molar-refractivity contribution in [3.63, 3.8) is 0 Å². The van der Waals surface area contributed by atoms with Crippen LogP contribution >= 0.6 is 0 Å². The van der Waals surface area contributed by atoms with Gasteiger partial charge in [-0.3, -0.25) is 4.99 Å². The van der Waals surface area contributed by atoms with Crippen molar-refractivity contribution in [1.29, 1.82) is 0 Å². The van der Waals surface area contributed by atoms with Crippen LogP contribution in [0.5, 0.6) is 0 Å². The van der Waals surface area contributed by atoms with Gasteiger partial charge in [-0.25, -0.2) is 0 Å². The summed E-state index contributed by atoms with van der Waals surface area (Å²) in [4.78, 5) is 4.28. The zero-order valence-electron chi connectivity index (χ0n) is 9.21. The fraction of sp³-hybridized carbons (Fsp3) is 0.900. The van der Waals surface area contributed by atoms with Crippen LogP contribution in [0.4, 0.5) is 0 Å². The average molecular weight is 186 g/mol. The van der Waals surface area contributed by atoms with E-state index in [9.17, 15) is 0 Å². The fourth-order valence-corrected chi connectivity index (χ4v) is 1.16. The van der Waals surface area contributed by atoms with Gasteiger partial charge in [0.1, 0.15) is 11.9 Å². The molecule has 0 heterocycles. The third-order valence-electron chi connectivity index (χ3n) is 1.66. The van der Waals surface area contributed by atoms with Crippen LogP contribution in [0.3, 0.4) is 0 Å². The van der Waals surface area contributed by atoms with Crippen molar-refractivity contribution < 1.29 is 4.74 Å². The molecule has 0 aliphatic heterocycles. The van der Waals surface area contributed by atoms with E-state index in [1.54, 1.807) is 0 Å². The summed E-state index contributed by atoms with van der Waals surface area (Å²) in [6.45, 7) is 8.82. The second-order valence-corrected chi connectivity index (χ2v) is 3.38. The number of hydrogen-bond acceptors (Lipinski definition) is 2. The molecule has 1 unspecified atom stereocenters. The van der Waals surface area contributed by atoms with Crippen LogP contribution in [0.2, 0.25) is 0 Å². The first-order chi connectivity index (χ1) is 6.11. The van der Waals surface area contributed by atoms with E-state index in [1.165, 1.54) is 0 Å². The highest BCUT2D eigenvalue weighted by Gasteiger charge is 2.11. The van der Waals surface area contributed by atoms with Gasteiger partial charge in [-0.05, 0) is 27.2 Å². The lowest BCUT2D eigenvalue weighted by Gasteiger charge is -2.16. The molecule has 13 heavy (non-hydrogen) atoms. The van der Waals surface area contributed by atoms with Gasteiger partial charge >= 0.3 is 0 Å². The predicted octanol–water partition coefficient (Wildman–Crippen LogP) is 1.96. The molecule has 0 aromatic heterocycles. The molecule has 1 atom stereocenters. The molecule has 0 spiro atoms. The van der Waals surface area contributed by atoms with E-state index in [2.05, 4.69) is 11.9 Å². The molecule has 2 N–H and O–H groups in total. The van der Waals surface area contributed by atoms with Crippen molar-refractivity contribution in [2.75, 3.05) is 6.61 Å². The van der Waals surface area contributed by atoms with Crippen molar-refractivity contribution in [1.82, 2.24) is 0 Å². The summed E-state index contributed by atoms with van der Waals surface area (Å²) in [5, 5.41) is 0. The average Bonchev–Trinajstić information content (AvgIpc) is 2.02. The molecule has 0 rings (SSSR count). The van der Waals surface area contributed by atoms with Crippen LogP contribution < -0.4 is 5.73 Å². The fourth-order valence-electron chi connectivity index (χ4n) is 1.16. The Morgan fingerprint density at radius 2 is 2.00 bits per heavy atom. The minimum Gasteiger partial charge on any atom is -0.385 e. The lowest BCUT2D eigenvalue weighted by Crippen LogP contribution is -2.32. The number of nitrogens with zero attached hydrogens (tertiary/aromatic N) is 1. The minimum atomic E-state index is 0.0115. The van der Waals surface area contributed by atoms with Crippen molar-refractivity contribution in [3.05, 3.63) is 0 Å². The maximum atomic E-state index is 5.82. The third-order valence-corrected chi connectivity index (χ3v) is 1.66. The second kappa shape index (κ2) is 6.89. The van der Waals surface area contributed by atoms with Crippen LogP contribution in [-0.2, 0) is 4.74 Å². The largest absolute Gasteiger partial charge is 0.385 e. The van der Waals surface area contributed by atoms with Gasteiger partial charge in [-0.1, -0.05) is 13.3 Å². The molecular weight excluding hydrogens is 164 g/mol. The molecule has 0 aromatic carbocycles. The molecule has 3 nitrogen and oxygen atoms in total. The van der Waals surface area contributed by atoms with E-state index >= 15 is 0 Å². The van der Waals surface area contributed by atoms with E-state index in [0.29, 0.717) is 12.4 Å². The third kappa shape index (κ3) is 5.64. The van der Waals surface area contributed by atoms with Crippen molar-refractivity contribution in [2.45, 2.75) is 52.7 Å². The number of rotatable bonds is 6. The molecule has 0 aliphatic rings. The van der Waals surface area contributed by atoms with Crippen LogP contribution in [0.15, 0.2) is 4.99 Å². The summed E-state index contributed by atoms with van der Waals surface area (Å²) in [7, 11) is 0. The Bertz CT molecular complexity index is 149. The maximum absolute atomic E-state index is 5.82. The van der Waals surface area contributed by atoms with E-state index < -0.39 is 0 Å². The van der Waals surface area contributed by atoms with Crippen LogP contribution in [0.25, 0.3) is 0 Å². The summed E-state index contributed by atoms with van der Waals surface area (Å²) in [6.07, 6.45) is 2.03. The Kier molecular flexibility index (Phi) is 6.59. The molecule has 0 aromatic rings. The van der Waals surface area contributed by atoms with Gasteiger partial charge in [0.15, 0.2) is 0 Å². The lowest BCUT2D eigenvalue weighted by atomic mass is 10.2. The Morgan fingerprint density at radius 3 is 2.38 bits per heavy atom. The lowest BCUT2D eigenvalue weighted by molar-refractivity contribution is 0.102. The minimum absolute atomic E-state index is 0.0115. The topological polar surface area (TPSA) is 47.6 Å². The molecule has 0 amide bonds. The highest BCUT2D eigenvalue weighted by molar-refractivity contribution is 5.85. The van der Waals surface area contributed by atoms with Gasteiger partial charge in [0.2, 0.25) is 0 Å². The SMILES string of the molecule is CCCC(OCC)C(N)=NC(C)C. The summed E-state index contributed by atoms with van der Waals surface area (Å²) in [5.74, 6) is 0.638. The first kappa shape index (κ1) is 12.4. The highest BCUT2D eigenvalue weighted by Crippen LogP contribution is 2.03. The van der Waals surface area contributed by atoms with E-state index in [4.69, 9.17) is 10.5 Å². The quantitative estimate of drug-likeness (QED) is 0.509. The number of ether oxygens (including phenoxy) is 1. The van der Waals surface area contributed by atoms with E-state index in [0.717, 1.165) is 12.8 Å². The molecular formula is C10H22N2O. The van der Waals surface area contributed by atoms with Gasteiger partial charge < -0.3 is 10.5 Å². The number of hydrogen-bond donors (Lipinski definition) is 1. The maximum Gasteiger partial charge on any atom is 0.123 e. The second-order valence-electron chi connectivity index (χ2n) is 3.38. The van der Waals surface area contributed by atoms with Gasteiger partial charge in [0, 0.05) is 12.6 Å². The van der Waals surface area contributed by atoms with Gasteiger partial charge in [-0.2, -0.15) is 0 Å². The zero-order valence-corrected chi connectivity index (χ0v) is 9.21. The Morgan fingerprint density at radius 1 is 1.38 bits per heavy atom. The summed E-state index contributed by atoms with van der Waals surface area (Å²) >= 11 is 0. The molecule has 0 saturated heterocycles. The summed E-state index contributed by atoms with van der Waals surface area (Å²) < 4.78 is 5.49. The van der Waals surface area contributed by atoms with E-state index in [1.807, 2.05) is 20.8 Å². The number of amidine groups is 1. The molecule has 0 fully saturated rings. The molecule has 0 aliphatic carbocycles. The van der Waals surface area contributed by atoms with Crippen LogP contribution in [0.1, 0.15) is 40.5 Å². The predicted molar refractivity (Wildman–Crippen MR) is 57.1 cm³/mol. The van der Waals surface area contributed by atoms with Crippen LogP contribution in [0, 0.1) is 0 Å². The van der Waals surface area contributed by atoms with Crippen molar-refractivity contribution in [3.8, 4) is 0 Å². The van der Waals surface area contributed by atoms with Crippen molar-refractivity contribution >= 4 is 5.84 Å². The van der Waals surface area contributed by atoms with Gasteiger partial charge in [0.05, 0.1) is 0 Å². The van der Waals surface area contributed by atoms with E-state index in [-0.39, 0.29) is 12.1 Å². The Hall–Kier alpha value is -0.570. The standard InChI is InChI=1S/C10H22N2O/c1-5-7-9(13-6-2)10(11)12-8(3)4/h8-9H,5-7H2,1-4H3,(H2,11,12). The summed E-state index contributed by atoms with van der Waals surface area (Å²) in [5.41, 5.74) is 5.82. The first-order valence-electron chi connectivity index (χ1n) is 5.06. The molecule has 0 radical (unpaired) electrons. The zero-order chi connectivity index (χ0) is 10.3.